The Morgan fingerprint density at radius 2 is 1.97 bits per heavy atom. The lowest BCUT2D eigenvalue weighted by Gasteiger charge is -2.25. The molecule has 0 saturated carbocycles. The van der Waals surface area contributed by atoms with Crippen molar-refractivity contribution in [3.8, 4) is 0 Å². The Kier molecular flexibility index (Phi) is 5.85. The number of fused-ring (bicyclic) bond motifs is 2. The minimum Gasteiger partial charge on any atom is -0.395 e. The van der Waals surface area contributed by atoms with E-state index in [1.165, 1.54) is 6.07 Å². The zero-order valence-corrected chi connectivity index (χ0v) is 17.3. The molecule has 0 spiro atoms. The second kappa shape index (κ2) is 8.60. The van der Waals surface area contributed by atoms with Gasteiger partial charge in [-0.3, -0.25) is 9.59 Å². The molecule has 0 unspecified atom stereocenters. The number of amides is 2. The predicted octanol–water partition coefficient (Wildman–Crippen LogP) is 3.79. The maximum atomic E-state index is 12.7. The lowest BCUT2D eigenvalue weighted by Crippen LogP contribution is -2.24. The van der Waals surface area contributed by atoms with Crippen LogP contribution in [0.15, 0.2) is 48.7 Å². The number of benzene rings is 2. The first-order chi connectivity index (χ1) is 15.3. The van der Waals surface area contributed by atoms with Gasteiger partial charge in [-0.05, 0) is 30.3 Å². The third kappa shape index (κ3) is 4.30. The van der Waals surface area contributed by atoms with E-state index in [-0.39, 0.29) is 36.0 Å². The molecule has 0 fully saturated rings. The third-order valence-electron chi connectivity index (χ3n) is 4.78. The van der Waals surface area contributed by atoms with E-state index in [0.29, 0.717) is 34.0 Å². The summed E-state index contributed by atoms with van der Waals surface area (Å²) in [5.74, 6) is -0.872. The van der Waals surface area contributed by atoms with Gasteiger partial charge in [0.15, 0.2) is 5.01 Å². The fourth-order valence-corrected chi connectivity index (χ4v) is 4.08. The molecule has 2 heterocycles. The first kappa shape index (κ1) is 21.8. The monoisotopic (exact) mass is 462 g/mol. The second-order valence-electron chi connectivity index (χ2n) is 6.89. The van der Waals surface area contributed by atoms with Crippen molar-refractivity contribution in [1.82, 2.24) is 10.3 Å². The number of rotatable bonds is 5. The number of carbonyl (C=O) groups is 2. The molecule has 32 heavy (non-hydrogen) atoms. The summed E-state index contributed by atoms with van der Waals surface area (Å²) in [5, 5.41) is 13.9. The number of alkyl halides is 3. The second-order valence-corrected chi connectivity index (χ2v) is 8.01. The number of carbonyl (C=O) groups excluding carboxylic acids is 2. The van der Waals surface area contributed by atoms with Gasteiger partial charge in [-0.1, -0.05) is 12.1 Å². The highest BCUT2D eigenvalue weighted by Gasteiger charge is 2.34. The Morgan fingerprint density at radius 3 is 2.69 bits per heavy atom. The third-order valence-corrected chi connectivity index (χ3v) is 5.82. The number of halogens is 3. The maximum Gasteiger partial charge on any atom is 0.443 e. The zero-order valence-electron chi connectivity index (χ0n) is 16.4. The van der Waals surface area contributed by atoms with Crippen molar-refractivity contribution in [1.29, 1.82) is 0 Å². The van der Waals surface area contributed by atoms with Crippen molar-refractivity contribution >= 4 is 40.2 Å². The van der Waals surface area contributed by atoms with Crippen molar-refractivity contribution in [2.75, 3.05) is 23.4 Å². The molecule has 1 aliphatic rings. The first-order valence-electron chi connectivity index (χ1n) is 9.51. The van der Waals surface area contributed by atoms with Gasteiger partial charge in [-0.15, -0.1) is 11.3 Å². The number of aliphatic hydroxyl groups is 1. The van der Waals surface area contributed by atoms with Crippen LogP contribution in [-0.4, -0.2) is 35.1 Å². The van der Waals surface area contributed by atoms with Crippen LogP contribution in [0.5, 0.6) is 0 Å². The number of thiazole rings is 1. The number of aliphatic hydroxyl groups excluding tert-OH is 1. The van der Waals surface area contributed by atoms with Gasteiger partial charge in [-0.2, -0.15) is 13.2 Å². The number of β-amino-alcohol motifs (C(OH)–C–C–N with tert-alkyl or cyclic N) is 1. The zero-order chi connectivity index (χ0) is 22.9. The lowest BCUT2D eigenvalue weighted by molar-refractivity contribution is -0.137. The summed E-state index contributed by atoms with van der Waals surface area (Å²) in [6.45, 7) is -0.0332. The van der Waals surface area contributed by atoms with E-state index in [1.807, 2.05) is 0 Å². The first-order valence-corrected chi connectivity index (χ1v) is 10.3. The molecule has 0 bridgehead atoms. The van der Waals surface area contributed by atoms with E-state index in [0.717, 1.165) is 6.20 Å². The lowest BCUT2D eigenvalue weighted by atomic mass is 10.1. The van der Waals surface area contributed by atoms with Crippen LogP contribution in [0.25, 0.3) is 0 Å². The summed E-state index contributed by atoms with van der Waals surface area (Å²) in [4.78, 5) is 30.6. The molecule has 1 aromatic heterocycles. The number of hydrogen-bond donors (Lipinski definition) is 3. The minimum atomic E-state index is -4.53. The molecule has 0 aliphatic carbocycles. The molecule has 3 N–H and O–H groups in total. The van der Waals surface area contributed by atoms with Gasteiger partial charge in [0.2, 0.25) is 0 Å². The van der Waals surface area contributed by atoms with E-state index in [1.54, 1.807) is 41.3 Å². The van der Waals surface area contributed by atoms with Crippen molar-refractivity contribution < 1.29 is 27.9 Å². The smallest absolute Gasteiger partial charge is 0.395 e. The van der Waals surface area contributed by atoms with Crippen LogP contribution in [-0.2, 0) is 12.7 Å². The van der Waals surface area contributed by atoms with Gasteiger partial charge < -0.3 is 20.6 Å². The molecular weight excluding hydrogens is 445 g/mol. The van der Waals surface area contributed by atoms with E-state index >= 15 is 0 Å². The highest BCUT2D eigenvalue weighted by Crippen LogP contribution is 2.38. The van der Waals surface area contributed by atoms with Crippen LogP contribution < -0.4 is 15.5 Å². The van der Waals surface area contributed by atoms with Crippen LogP contribution >= 0.6 is 11.3 Å². The average molecular weight is 462 g/mol. The summed E-state index contributed by atoms with van der Waals surface area (Å²) in [7, 11) is 0. The molecule has 166 valence electrons. The van der Waals surface area contributed by atoms with Crippen LogP contribution in [0.4, 0.5) is 30.2 Å². The SMILES string of the molecule is O=C(NCc1cnc(C(F)(F)F)s1)c1ccc2c(c1)NC(=O)c1ccccc1N2CCO. The van der Waals surface area contributed by atoms with Crippen LogP contribution in [0.2, 0.25) is 0 Å². The molecular formula is C21H17F3N4O3S. The Labute approximate surface area is 184 Å². The number of aromatic nitrogens is 1. The van der Waals surface area contributed by atoms with Crippen LogP contribution in [0.1, 0.15) is 30.6 Å². The Balaban J connectivity index is 1.57. The van der Waals surface area contributed by atoms with E-state index in [9.17, 15) is 27.9 Å². The van der Waals surface area contributed by atoms with Gasteiger partial charge in [0, 0.05) is 23.2 Å². The Bertz CT molecular complexity index is 1180. The molecule has 2 aromatic carbocycles. The molecule has 3 aromatic rings. The summed E-state index contributed by atoms with van der Waals surface area (Å²) < 4.78 is 38.0. The molecule has 11 heteroatoms. The van der Waals surface area contributed by atoms with E-state index in [2.05, 4.69) is 15.6 Å². The fourth-order valence-electron chi connectivity index (χ4n) is 3.36. The van der Waals surface area contributed by atoms with Gasteiger partial charge in [-0.25, -0.2) is 4.98 Å². The molecule has 7 nitrogen and oxygen atoms in total. The van der Waals surface area contributed by atoms with Gasteiger partial charge in [0.1, 0.15) is 0 Å². The quantitative estimate of drug-likeness (QED) is 0.537. The van der Waals surface area contributed by atoms with E-state index in [4.69, 9.17) is 0 Å². The molecule has 0 atom stereocenters. The van der Waals surface area contributed by atoms with Gasteiger partial charge >= 0.3 is 6.18 Å². The van der Waals surface area contributed by atoms with Crippen molar-refractivity contribution in [2.24, 2.45) is 0 Å². The molecule has 4 rings (SSSR count). The molecule has 0 radical (unpaired) electrons. The van der Waals surface area contributed by atoms with Crippen molar-refractivity contribution in [3.05, 3.63) is 69.7 Å². The van der Waals surface area contributed by atoms with Gasteiger partial charge in [0.05, 0.1) is 35.8 Å². The topological polar surface area (TPSA) is 94.6 Å². The number of nitrogens with one attached hydrogen (secondary N) is 2. The van der Waals surface area contributed by atoms with Crippen molar-refractivity contribution in [2.45, 2.75) is 12.7 Å². The summed E-state index contributed by atoms with van der Waals surface area (Å²) >= 11 is 0.463. The van der Waals surface area contributed by atoms with E-state index < -0.39 is 17.1 Å². The fraction of sp³-hybridized carbons (Fsp3) is 0.190. The Morgan fingerprint density at radius 1 is 1.19 bits per heavy atom. The van der Waals surface area contributed by atoms with Gasteiger partial charge in [0.25, 0.3) is 11.8 Å². The standard InChI is InChI=1S/C21H17F3N4O3S/c22-21(23,24)20-26-11-13(32-20)10-25-18(30)12-5-6-17-15(9-12)27-19(31)14-3-1-2-4-16(14)28(17)7-8-29/h1-6,9,11,29H,7-8,10H2,(H,25,30)(H,27,31). The number of anilines is 3. The molecule has 0 saturated heterocycles. The number of hydrogen-bond acceptors (Lipinski definition) is 6. The summed E-state index contributed by atoms with van der Waals surface area (Å²) in [6.07, 6.45) is -3.45. The minimum absolute atomic E-state index is 0.113. The maximum absolute atomic E-state index is 12.7. The average Bonchev–Trinajstić information content (AvgIpc) is 3.22. The Hall–Kier alpha value is -3.44. The summed E-state index contributed by atoms with van der Waals surface area (Å²) in [5.41, 5.74) is 2.25. The molecule has 1 aliphatic heterocycles. The highest BCUT2D eigenvalue weighted by atomic mass is 32.1. The molecule has 2 amide bonds. The highest BCUT2D eigenvalue weighted by molar-refractivity contribution is 7.11. The predicted molar refractivity (Wildman–Crippen MR) is 113 cm³/mol. The van der Waals surface area contributed by atoms with Crippen LogP contribution in [0, 0.1) is 0 Å². The number of para-hydroxylation sites is 1. The normalized spacial score (nSPS) is 13.1. The largest absolute Gasteiger partial charge is 0.443 e. The van der Waals surface area contributed by atoms with Crippen molar-refractivity contribution in [3.63, 3.8) is 0 Å². The van der Waals surface area contributed by atoms with Crippen LogP contribution in [0.3, 0.4) is 0 Å². The summed E-state index contributed by atoms with van der Waals surface area (Å²) in [6, 6.07) is 11.6. The number of nitrogens with zero attached hydrogens (tertiary/aromatic N) is 2.